The average molecular weight is 249 g/mol. The first-order valence-electron chi connectivity index (χ1n) is 5.65. The summed E-state index contributed by atoms with van der Waals surface area (Å²) in [7, 11) is 0. The Balaban J connectivity index is 2.23. The van der Waals surface area contributed by atoms with Gasteiger partial charge >= 0.3 is 11.6 Å². The summed E-state index contributed by atoms with van der Waals surface area (Å²) in [5, 5.41) is 0.476. The summed E-state index contributed by atoms with van der Waals surface area (Å²) in [5.74, 6) is -0.345. The number of hydrogen-bond donors (Lipinski definition) is 0. The lowest BCUT2D eigenvalue weighted by Crippen LogP contribution is -2.23. The normalized spacial score (nSPS) is 11.7. The van der Waals surface area contributed by atoms with E-state index in [0.29, 0.717) is 10.9 Å². The molecular formula is C13H15NO4. The van der Waals surface area contributed by atoms with Gasteiger partial charge in [0.15, 0.2) is 6.73 Å². The van der Waals surface area contributed by atoms with Crippen LogP contribution in [0.2, 0.25) is 0 Å². The van der Waals surface area contributed by atoms with Gasteiger partial charge in [-0.1, -0.05) is 12.1 Å². The summed E-state index contributed by atoms with van der Waals surface area (Å²) in [6.07, 6.45) is 0. The lowest BCUT2D eigenvalue weighted by Gasteiger charge is -2.16. The summed E-state index contributed by atoms with van der Waals surface area (Å²) in [5.41, 5.74) is -0.398. The zero-order valence-electron chi connectivity index (χ0n) is 10.6. The molecule has 0 spiro atoms. The van der Waals surface area contributed by atoms with Crippen molar-refractivity contribution in [2.24, 2.45) is 5.41 Å². The zero-order valence-corrected chi connectivity index (χ0v) is 10.6. The van der Waals surface area contributed by atoms with Gasteiger partial charge in [0.05, 0.1) is 16.3 Å². The molecule has 0 saturated heterocycles. The second-order valence-corrected chi connectivity index (χ2v) is 5.09. The average Bonchev–Trinajstić information content (AvgIpc) is 2.63. The number of nitrogens with zero attached hydrogens (tertiary/aromatic N) is 1. The zero-order chi connectivity index (χ0) is 13.3. The van der Waals surface area contributed by atoms with E-state index in [9.17, 15) is 9.59 Å². The van der Waals surface area contributed by atoms with Crippen molar-refractivity contribution in [1.82, 2.24) is 4.74 Å². The van der Waals surface area contributed by atoms with Crippen molar-refractivity contribution >= 4 is 16.9 Å². The Kier molecular flexibility index (Phi) is 2.98. The van der Waals surface area contributed by atoms with Crippen LogP contribution in [0.25, 0.3) is 10.9 Å². The molecule has 0 atom stereocenters. The molecule has 1 heterocycles. The number of benzene rings is 1. The highest BCUT2D eigenvalue weighted by Gasteiger charge is 2.23. The molecule has 0 bridgehead atoms. The van der Waals surface area contributed by atoms with Gasteiger partial charge in [-0.3, -0.25) is 4.79 Å². The van der Waals surface area contributed by atoms with Gasteiger partial charge in [0.2, 0.25) is 0 Å². The van der Waals surface area contributed by atoms with Crippen molar-refractivity contribution in [3.63, 3.8) is 0 Å². The highest BCUT2D eigenvalue weighted by Crippen LogP contribution is 2.16. The van der Waals surface area contributed by atoms with Gasteiger partial charge in [-0.15, -0.1) is 0 Å². The van der Waals surface area contributed by atoms with Crippen LogP contribution in [0.1, 0.15) is 20.8 Å². The lowest BCUT2D eigenvalue weighted by atomic mass is 9.98. The third kappa shape index (κ3) is 2.30. The minimum Gasteiger partial charge on any atom is -0.441 e. The highest BCUT2D eigenvalue weighted by molar-refractivity contribution is 5.78. The number of fused-ring (bicyclic) bond motifs is 1. The van der Waals surface area contributed by atoms with E-state index in [1.165, 1.54) is 4.74 Å². The predicted octanol–water partition coefficient (Wildman–Crippen LogP) is 2.14. The number of para-hydroxylation sites is 1. The third-order valence-corrected chi connectivity index (χ3v) is 2.51. The van der Waals surface area contributed by atoms with Crippen molar-refractivity contribution in [3.8, 4) is 0 Å². The Bertz CT molecular complexity index is 630. The SMILES string of the molecule is CC(C)(C)C(=O)OCn1oc(=O)c2ccccc21. The molecule has 1 aromatic carbocycles. The van der Waals surface area contributed by atoms with Crippen LogP contribution in [0.15, 0.2) is 33.6 Å². The van der Waals surface area contributed by atoms with Crippen LogP contribution < -0.4 is 5.63 Å². The van der Waals surface area contributed by atoms with E-state index in [2.05, 4.69) is 0 Å². The van der Waals surface area contributed by atoms with Gasteiger partial charge in [0, 0.05) is 0 Å². The molecule has 0 fully saturated rings. The maximum atomic E-state index is 11.6. The van der Waals surface area contributed by atoms with Crippen molar-refractivity contribution in [1.29, 1.82) is 0 Å². The number of hydrogen-bond acceptors (Lipinski definition) is 4. The first-order chi connectivity index (χ1) is 8.39. The van der Waals surface area contributed by atoms with Gasteiger partial charge in [-0.2, -0.15) is 4.74 Å². The summed E-state index contributed by atoms with van der Waals surface area (Å²) < 4.78 is 11.4. The molecule has 1 aromatic heterocycles. The molecule has 96 valence electrons. The molecule has 2 aromatic rings. The number of carbonyl (C=O) groups is 1. The van der Waals surface area contributed by atoms with Crippen molar-refractivity contribution in [2.75, 3.05) is 0 Å². The smallest absolute Gasteiger partial charge is 0.365 e. The number of carbonyl (C=O) groups excluding carboxylic acids is 1. The Morgan fingerprint density at radius 1 is 1.33 bits per heavy atom. The number of rotatable bonds is 2. The third-order valence-electron chi connectivity index (χ3n) is 2.51. The first-order valence-corrected chi connectivity index (χ1v) is 5.65. The van der Waals surface area contributed by atoms with E-state index in [4.69, 9.17) is 9.26 Å². The second kappa shape index (κ2) is 4.33. The van der Waals surface area contributed by atoms with Gasteiger partial charge in [-0.05, 0) is 32.9 Å². The van der Waals surface area contributed by atoms with Crippen LogP contribution in [0.4, 0.5) is 0 Å². The molecule has 5 heteroatoms. The van der Waals surface area contributed by atoms with Crippen LogP contribution in [-0.4, -0.2) is 10.7 Å². The molecule has 0 saturated carbocycles. The molecule has 0 N–H and O–H groups in total. The second-order valence-electron chi connectivity index (χ2n) is 5.09. The van der Waals surface area contributed by atoms with Crippen molar-refractivity contribution < 1.29 is 14.1 Å². The summed E-state index contributed by atoms with van der Waals surface area (Å²) >= 11 is 0. The predicted molar refractivity (Wildman–Crippen MR) is 66.0 cm³/mol. The van der Waals surface area contributed by atoms with E-state index in [-0.39, 0.29) is 12.7 Å². The highest BCUT2D eigenvalue weighted by atomic mass is 16.6. The Labute approximate surface area is 104 Å². The molecule has 2 rings (SSSR count). The molecule has 18 heavy (non-hydrogen) atoms. The molecule has 0 radical (unpaired) electrons. The van der Waals surface area contributed by atoms with Gasteiger partial charge in [0.1, 0.15) is 0 Å². The van der Waals surface area contributed by atoms with E-state index >= 15 is 0 Å². The maximum Gasteiger partial charge on any atom is 0.365 e. The minimum absolute atomic E-state index is 0.0984. The monoisotopic (exact) mass is 249 g/mol. The van der Waals surface area contributed by atoms with Crippen LogP contribution in [0.5, 0.6) is 0 Å². The topological polar surface area (TPSA) is 61.4 Å². The largest absolute Gasteiger partial charge is 0.441 e. The van der Waals surface area contributed by atoms with E-state index in [1.807, 2.05) is 0 Å². The molecule has 0 aliphatic carbocycles. The number of esters is 1. The standard InChI is InChI=1S/C13H15NO4/c1-13(2,3)12(16)17-8-14-10-7-5-4-6-9(10)11(15)18-14/h4-7H,8H2,1-3H3. The Morgan fingerprint density at radius 3 is 2.67 bits per heavy atom. The molecule has 5 nitrogen and oxygen atoms in total. The van der Waals surface area contributed by atoms with E-state index in [0.717, 1.165) is 0 Å². The maximum absolute atomic E-state index is 11.6. The molecular weight excluding hydrogens is 234 g/mol. The van der Waals surface area contributed by atoms with Crippen LogP contribution in [0, 0.1) is 5.41 Å². The molecule has 0 aliphatic rings. The number of ether oxygens (including phenoxy) is 1. The molecule has 0 amide bonds. The fourth-order valence-corrected chi connectivity index (χ4v) is 1.49. The van der Waals surface area contributed by atoms with E-state index < -0.39 is 11.0 Å². The van der Waals surface area contributed by atoms with Crippen molar-refractivity contribution in [3.05, 3.63) is 34.7 Å². The van der Waals surface area contributed by atoms with Crippen LogP contribution in [0.3, 0.4) is 0 Å². The lowest BCUT2D eigenvalue weighted by molar-refractivity contribution is -0.159. The van der Waals surface area contributed by atoms with E-state index in [1.54, 1.807) is 45.0 Å². The minimum atomic E-state index is -0.580. The van der Waals surface area contributed by atoms with Crippen LogP contribution in [-0.2, 0) is 16.3 Å². The van der Waals surface area contributed by atoms with Crippen LogP contribution >= 0.6 is 0 Å². The first kappa shape index (κ1) is 12.4. The Morgan fingerprint density at radius 2 is 2.00 bits per heavy atom. The Hall–Kier alpha value is -2.04. The quantitative estimate of drug-likeness (QED) is 0.765. The molecule has 0 unspecified atom stereocenters. The van der Waals surface area contributed by atoms with Crippen molar-refractivity contribution in [2.45, 2.75) is 27.5 Å². The number of aromatic nitrogens is 1. The summed E-state index contributed by atoms with van der Waals surface area (Å²) in [6, 6.07) is 6.96. The summed E-state index contributed by atoms with van der Waals surface area (Å²) in [4.78, 5) is 23.1. The fourth-order valence-electron chi connectivity index (χ4n) is 1.49. The fraction of sp³-hybridized carbons (Fsp3) is 0.385. The molecule has 0 aliphatic heterocycles. The van der Waals surface area contributed by atoms with Gasteiger partial charge < -0.3 is 9.26 Å². The summed E-state index contributed by atoms with van der Waals surface area (Å²) in [6.45, 7) is 5.19. The van der Waals surface area contributed by atoms with Gasteiger partial charge in [-0.25, -0.2) is 4.79 Å². The van der Waals surface area contributed by atoms with Gasteiger partial charge in [0.25, 0.3) is 0 Å².